The smallest absolute Gasteiger partial charge is 0.0453 e. The number of hydrogen-bond donors (Lipinski definition) is 1. The van der Waals surface area contributed by atoms with Gasteiger partial charge in [0.25, 0.3) is 0 Å². The van der Waals surface area contributed by atoms with E-state index in [4.69, 9.17) is 11.6 Å². The van der Waals surface area contributed by atoms with Crippen LogP contribution in [0, 0.1) is 5.92 Å². The van der Waals surface area contributed by atoms with E-state index in [1.165, 1.54) is 18.4 Å². The molecule has 1 N–H and O–H groups in total. The maximum Gasteiger partial charge on any atom is 0.0453 e. The zero-order valence-corrected chi connectivity index (χ0v) is 12.1. The monoisotopic (exact) mass is 253 g/mol. The topological polar surface area (TPSA) is 12.0 Å². The van der Waals surface area contributed by atoms with Gasteiger partial charge < -0.3 is 5.32 Å². The number of nitrogens with one attached hydrogen (secondary N) is 1. The van der Waals surface area contributed by atoms with Gasteiger partial charge in [-0.25, -0.2) is 0 Å². The molecule has 1 unspecified atom stereocenters. The average molecular weight is 254 g/mol. The molecule has 0 fully saturated rings. The summed E-state index contributed by atoms with van der Waals surface area (Å²) in [6.07, 6.45) is 2.48. The number of benzene rings is 1. The van der Waals surface area contributed by atoms with Crippen LogP contribution in [0.1, 0.15) is 52.1 Å². The molecular formula is C15H24ClN. The molecule has 1 aromatic carbocycles. The van der Waals surface area contributed by atoms with E-state index in [-0.39, 0.29) is 0 Å². The first-order chi connectivity index (χ1) is 8.00. The SMILES string of the molecule is CC(C)CCC(C)N[C@H](C)c1ccccc1Cl. The van der Waals surface area contributed by atoms with Crippen LogP contribution in [0.3, 0.4) is 0 Å². The van der Waals surface area contributed by atoms with E-state index in [9.17, 15) is 0 Å². The van der Waals surface area contributed by atoms with Gasteiger partial charge >= 0.3 is 0 Å². The van der Waals surface area contributed by atoms with Crippen LogP contribution in [-0.2, 0) is 0 Å². The van der Waals surface area contributed by atoms with Gasteiger partial charge in [-0.05, 0) is 44.2 Å². The molecule has 0 saturated heterocycles. The average Bonchev–Trinajstić information content (AvgIpc) is 2.26. The van der Waals surface area contributed by atoms with Crippen LogP contribution in [0.2, 0.25) is 5.02 Å². The van der Waals surface area contributed by atoms with E-state index in [2.05, 4.69) is 39.1 Å². The van der Waals surface area contributed by atoms with Crippen LogP contribution < -0.4 is 5.32 Å². The Kier molecular flexibility index (Phi) is 6.01. The van der Waals surface area contributed by atoms with E-state index in [0.29, 0.717) is 12.1 Å². The lowest BCUT2D eigenvalue weighted by Crippen LogP contribution is -2.29. The van der Waals surface area contributed by atoms with Crippen molar-refractivity contribution < 1.29 is 0 Å². The molecule has 0 amide bonds. The summed E-state index contributed by atoms with van der Waals surface area (Å²) in [5.41, 5.74) is 1.19. The van der Waals surface area contributed by atoms with Gasteiger partial charge in [0.2, 0.25) is 0 Å². The normalized spacial score (nSPS) is 14.9. The number of halogens is 1. The van der Waals surface area contributed by atoms with Crippen molar-refractivity contribution in [3.63, 3.8) is 0 Å². The molecule has 1 rings (SSSR count). The van der Waals surface area contributed by atoms with Crippen LogP contribution in [-0.4, -0.2) is 6.04 Å². The van der Waals surface area contributed by atoms with Crippen LogP contribution in [0.5, 0.6) is 0 Å². The van der Waals surface area contributed by atoms with Gasteiger partial charge in [0, 0.05) is 17.1 Å². The zero-order valence-electron chi connectivity index (χ0n) is 11.3. The van der Waals surface area contributed by atoms with Crippen molar-refractivity contribution in [1.82, 2.24) is 5.32 Å². The molecule has 17 heavy (non-hydrogen) atoms. The summed E-state index contributed by atoms with van der Waals surface area (Å²) in [7, 11) is 0. The zero-order chi connectivity index (χ0) is 12.8. The van der Waals surface area contributed by atoms with Crippen molar-refractivity contribution in [1.29, 1.82) is 0 Å². The van der Waals surface area contributed by atoms with Crippen LogP contribution in [0.25, 0.3) is 0 Å². The minimum Gasteiger partial charge on any atom is -0.308 e. The third-order valence-electron chi connectivity index (χ3n) is 3.08. The molecule has 0 bridgehead atoms. The van der Waals surface area contributed by atoms with Crippen molar-refractivity contribution in [3.8, 4) is 0 Å². The summed E-state index contributed by atoms with van der Waals surface area (Å²) in [6.45, 7) is 8.96. The highest BCUT2D eigenvalue weighted by molar-refractivity contribution is 6.31. The van der Waals surface area contributed by atoms with Crippen molar-refractivity contribution in [3.05, 3.63) is 34.9 Å². The first-order valence-corrected chi connectivity index (χ1v) is 6.89. The second kappa shape index (κ2) is 7.03. The Morgan fingerprint density at radius 3 is 2.29 bits per heavy atom. The fourth-order valence-electron chi connectivity index (χ4n) is 2.01. The maximum absolute atomic E-state index is 6.19. The van der Waals surface area contributed by atoms with Gasteiger partial charge in [-0.3, -0.25) is 0 Å². The summed E-state index contributed by atoms with van der Waals surface area (Å²) in [4.78, 5) is 0. The molecule has 0 spiro atoms. The molecule has 2 atom stereocenters. The molecule has 0 radical (unpaired) electrons. The van der Waals surface area contributed by atoms with Crippen molar-refractivity contribution in [2.24, 2.45) is 5.92 Å². The van der Waals surface area contributed by atoms with Crippen LogP contribution in [0.15, 0.2) is 24.3 Å². The molecular weight excluding hydrogens is 230 g/mol. The van der Waals surface area contributed by atoms with E-state index >= 15 is 0 Å². The Labute approximate surface area is 111 Å². The van der Waals surface area contributed by atoms with Crippen molar-refractivity contribution in [2.45, 2.75) is 52.6 Å². The van der Waals surface area contributed by atoms with Crippen LogP contribution in [0.4, 0.5) is 0 Å². The van der Waals surface area contributed by atoms with Crippen molar-refractivity contribution >= 4 is 11.6 Å². The van der Waals surface area contributed by atoms with E-state index in [1.807, 2.05) is 18.2 Å². The van der Waals surface area contributed by atoms with Gasteiger partial charge in [-0.1, -0.05) is 43.6 Å². The van der Waals surface area contributed by atoms with Crippen molar-refractivity contribution in [2.75, 3.05) is 0 Å². The number of rotatable bonds is 6. The van der Waals surface area contributed by atoms with Gasteiger partial charge in [0.05, 0.1) is 0 Å². The standard InChI is InChI=1S/C15H24ClN/c1-11(2)9-10-12(3)17-13(4)14-7-5-6-8-15(14)16/h5-8,11-13,17H,9-10H2,1-4H3/t12?,13-/m1/s1. The van der Waals surface area contributed by atoms with Gasteiger partial charge in [0.1, 0.15) is 0 Å². The molecule has 96 valence electrons. The summed E-state index contributed by atoms with van der Waals surface area (Å²) >= 11 is 6.19. The largest absolute Gasteiger partial charge is 0.308 e. The number of hydrogen-bond acceptors (Lipinski definition) is 1. The molecule has 0 aliphatic heterocycles. The molecule has 0 aliphatic carbocycles. The Bertz CT molecular complexity index is 335. The molecule has 0 aliphatic rings. The molecule has 0 heterocycles. The fraction of sp³-hybridized carbons (Fsp3) is 0.600. The quantitative estimate of drug-likeness (QED) is 0.767. The summed E-state index contributed by atoms with van der Waals surface area (Å²) in [6, 6.07) is 8.90. The molecule has 1 aromatic rings. The van der Waals surface area contributed by atoms with E-state index in [0.717, 1.165) is 10.9 Å². The predicted molar refractivity (Wildman–Crippen MR) is 76.5 cm³/mol. The Hall–Kier alpha value is -0.530. The highest BCUT2D eigenvalue weighted by atomic mass is 35.5. The van der Waals surface area contributed by atoms with E-state index in [1.54, 1.807) is 0 Å². The fourth-order valence-corrected chi connectivity index (χ4v) is 2.31. The predicted octanol–water partition coefficient (Wildman–Crippen LogP) is 4.82. The summed E-state index contributed by atoms with van der Waals surface area (Å²) < 4.78 is 0. The maximum atomic E-state index is 6.19. The molecule has 2 heteroatoms. The lowest BCUT2D eigenvalue weighted by atomic mass is 10.0. The first kappa shape index (κ1) is 14.5. The molecule has 0 saturated carbocycles. The second-order valence-electron chi connectivity index (χ2n) is 5.28. The van der Waals surface area contributed by atoms with Gasteiger partial charge in [0.15, 0.2) is 0 Å². The lowest BCUT2D eigenvalue weighted by molar-refractivity contribution is 0.417. The van der Waals surface area contributed by atoms with E-state index < -0.39 is 0 Å². The molecule has 1 nitrogen and oxygen atoms in total. The first-order valence-electron chi connectivity index (χ1n) is 6.51. The summed E-state index contributed by atoms with van der Waals surface area (Å²) in [5, 5.41) is 4.46. The highest BCUT2D eigenvalue weighted by Crippen LogP contribution is 2.23. The third-order valence-corrected chi connectivity index (χ3v) is 3.43. The third kappa shape index (κ3) is 5.10. The Balaban J connectivity index is 2.49. The second-order valence-corrected chi connectivity index (χ2v) is 5.69. The van der Waals surface area contributed by atoms with Gasteiger partial charge in [-0.15, -0.1) is 0 Å². The lowest BCUT2D eigenvalue weighted by Gasteiger charge is -2.21. The summed E-state index contributed by atoms with van der Waals surface area (Å²) in [5.74, 6) is 0.773. The highest BCUT2D eigenvalue weighted by Gasteiger charge is 2.12. The minimum absolute atomic E-state index is 0.311. The Morgan fingerprint density at radius 2 is 1.71 bits per heavy atom. The molecule has 0 aromatic heterocycles. The minimum atomic E-state index is 0.311. The van der Waals surface area contributed by atoms with Gasteiger partial charge in [-0.2, -0.15) is 0 Å². The van der Waals surface area contributed by atoms with Crippen LogP contribution >= 0.6 is 11.6 Å². The Morgan fingerprint density at radius 1 is 1.06 bits per heavy atom.